The minimum Gasteiger partial charge on any atom is -0.337 e. The first-order chi connectivity index (χ1) is 7.65. The second kappa shape index (κ2) is 4.53. The van der Waals surface area contributed by atoms with Gasteiger partial charge in [0.15, 0.2) is 5.82 Å². The van der Waals surface area contributed by atoms with E-state index in [1.807, 2.05) is 0 Å². The highest BCUT2D eigenvalue weighted by molar-refractivity contribution is 5.05. The van der Waals surface area contributed by atoms with Crippen LogP contribution in [-0.2, 0) is 5.54 Å². The van der Waals surface area contributed by atoms with Crippen molar-refractivity contribution in [3.8, 4) is 0 Å². The maximum absolute atomic E-state index is 6.34. The summed E-state index contributed by atoms with van der Waals surface area (Å²) in [5.74, 6) is 1.79. The van der Waals surface area contributed by atoms with Crippen molar-refractivity contribution in [3.63, 3.8) is 0 Å². The standard InChI is InChI=1S/C12H21N3O/c1-3-9(2)10-14-11(16-15-10)12(13)7-5-4-6-8-12/h9H,3-8,13H2,1-2H3. The van der Waals surface area contributed by atoms with Crippen molar-refractivity contribution >= 4 is 0 Å². The Morgan fingerprint density at radius 2 is 2.06 bits per heavy atom. The second-order valence-electron chi connectivity index (χ2n) is 4.98. The summed E-state index contributed by atoms with van der Waals surface area (Å²) < 4.78 is 5.34. The molecule has 0 amide bonds. The van der Waals surface area contributed by atoms with E-state index in [4.69, 9.17) is 10.3 Å². The molecule has 4 nitrogen and oxygen atoms in total. The molecule has 0 bridgehead atoms. The average Bonchev–Trinajstić information content (AvgIpc) is 2.79. The zero-order chi connectivity index (χ0) is 11.6. The summed E-state index contributed by atoms with van der Waals surface area (Å²) >= 11 is 0. The lowest BCUT2D eigenvalue weighted by Gasteiger charge is -2.29. The molecule has 90 valence electrons. The van der Waals surface area contributed by atoms with Crippen LogP contribution in [0.2, 0.25) is 0 Å². The molecular formula is C12H21N3O. The predicted octanol–water partition coefficient (Wildman–Crippen LogP) is 2.70. The monoisotopic (exact) mass is 223 g/mol. The quantitative estimate of drug-likeness (QED) is 0.855. The summed E-state index contributed by atoms with van der Waals surface area (Å²) in [5.41, 5.74) is 5.97. The van der Waals surface area contributed by atoms with Gasteiger partial charge in [-0.15, -0.1) is 0 Å². The van der Waals surface area contributed by atoms with E-state index in [1.165, 1.54) is 6.42 Å². The van der Waals surface area contributed by atoms with Crippen LogP contribution >= 0.6 is 0 Å². The fraction of sp³-hybridized carbons (Fsp3) is 0.833. The van der Waals surface area contributed by atoms with Gasteiger partial charge in [0.1, 0.15) is 0 Å². The molecule has 1 aliphatic carbocycles. The molecule has 0 spiro atoms. The maximum atomic E-state index is 6.34. The highest BCUT2D eigenvalue weighted by Gasteiger charge is 2.35. The van der Waals surface area contributed by atoms with Crippen LogP contribution in [0.5, 0.6) is 0 Å². The Balaban J connectivity index is 2.17. The third-order valence-corrected chi connectivity index (χ3v) is 3.67. The van der Waals surface area contributed by atoms with Crippen LogP contribution in [0.3, 0.4) is 0 Å². The Bertz CT molecular complexity index is 342. The van der Waals surface area contributed by atoms with E-state index in [2.05, 4.69) is 24.0 Å². The Morgan fingerprint density at radius 3 is 2.69 bits per heavy atom. The van der Waals surface area contributed by atoms with Gasteiger partial charge in [-0.25, -0.2) is 0 Å². The number of aromatic nitrogens is 2. The van der Waals surface area contributed by atoms with Crippen LogP contribution in [0.25, 0.3) is 0 Å². The molecule has 16 heavy (non-hydrogen) atoms. The van der Waals surface area contributed by atoms with Gasteiger partial charge in [-0.2, -0.15) is 4.98 Å². The minimum atomic E-state index is -0.364. The van der Waals surface area contributed by atoms with Crippen molar-refractivity contribution in [2.24, 2.45) is 5.73 Å². The van der Waals surface area contributed by atoms with Crippen molar-refractivity contribution in [2.45, 2.75) is 63.8 Å². The normalized spacial score (nSPS) is 21.9. The number of nitrogens with two attached hydrogens (primary N) is 1. The molecule has 1 aromatic heterocycles. The van der Waals surface area contributed by atoms with Gasteiger partial charge in [-0.05, 0) is 19.3 Å². The topological polar surface area (TPSA) is 64.9 Å². The molecule has 2 rings (SSSR count). The van der Waals surface area contributed by atoms with E-state index in [1.54, 1.807) is 0 Å². The molecule has 1 aromatic rings. The van der Waals surface area contributed by atoms with Gasteiger partial charge in [0.2, 0.25) is 5.89 Å². The van der Waals surface area contributed by atoms with Gasteiger partial charge >= 0.3 is 0 Å². The van der Waals surface area contributed by atoms with Gasteiger partial charge in [0.25, 0.3) is 0 Å². The second-order valence-corrected chi connectivity index (χ2v) is 4.98. The summed E-state index contributed by atoms with van der Waals surface area (Å²) in [6.07, 6.45) is 6.56. The van der Waals surface area contributed by atoms with Crippen molar-refractivity contribution in [1.82, 2.24) is 10.1 Å². The van der Waals surface area contributed by atoms with E-state index in [9.17, 15) is 0 Å². The summed E-state index contributed by atoms with van der Waals surface area (Å²) in [5, 5.41) is 4.04. The van der Waals surface area contributed by atoms with Crippen LogP contribution in [0, 0.1) is 0 Å². The fourth-order valence-electron chi connectivity index (χ4n) is 2.22. The van der Waals surface area contributed by atoms with Gasteiger partial charge in [-0.1, -0.05) is 38.3 Å². The minimum absolute atomic E-state index is 0.352. The zero-order valence-corrected chi connectivity index (χ0v) is 10.2. The van der Waals surface area contributed by atoms with Gasteiger partial charge in [0.05, 0.1) is 5.54 Å². The lowest BCUT2D eigenvalue weighted by atomic mass is 9.82. The molecule has 0 aliphatic heterocycles. The summed E-state index contributed by atoms with van der Waals surface area (Å²) in [4.78, 5) is 4.47. The van der Waals surface area contributed by atoms with Crippen LogP contribution in [0.15, 0.2) is 4.52 Å². The van der Waals surface area contributed by atoms with E-state index < -0.39 is 0 Å². The van der Waals surface area contributed by atoms with Crippen molar-refractivity contribution < 1.29 is 4.52 Å². The maximum Gasteiger partial charge on any atom is 0.246 e. The highest BCUT2D eigenvalue weighted by Crippen LogP contribution is 2.34. The summed E-state index contributed by atoms with van der Waals surface area (Å²) in [7, 11) is 0. The van der Waals surface area contributed by atoms with Crippen molar-refractivity contribution in [2.75, 3.05) is 0 Å². The molecule has 1 fully saturated rings. The molecule has 1 atom stereocenters. The molecule has 0 saturated heterocycles. The van der Waals surface area contributed by atoms with Crippen LogP contribution in [0.4, 0.5) is 0 Å². The number of rotatable bonds is 3. The van der Waals surface area contributed by atoms with E-state index >= 15 is 0 Å². The highest BCUT2D eigenvalue weighted by atomic mass is 16.5. The smallest absolute Gasteiger partial charge is 0.246 e. The largest absolute Gasteiger partial charge is 0.337 e. The molecule has 2 N–H and O–H groups in total. The zero-order valence-electron chi connectivity index (χ0n) is 10.2. The lowest BCUT2D eigenvalue weighted by molar-refractivity contribution is 0.219. The van der Waals surface area contributed by atoms with Crippen LogP contribution in [-0.4, -0.2) is 10.1 Å². The number of nitrogens with zero attached hydrogens (tertiary/aromatic N) is 2. The van der Waals surface area contributed by atoms with Gasteiger partial charge < -0.3 is 10.3 Å². The van der Waals surface area contributed by atoms with Crippen molar-refractivity contribution in [3.05, 3.63) is 11.7 Å². The molecule has 1 saturated carbocycles. The van der Waals surface area contributed by atoms with E-state index in [0.717, 1.165) is 37.9 Å². The van der Waals surface area contributed by atoms with E-state index in [0.29, 0.717) is 11.8 Å². The van der Waals surface area contributed by atoms with Gasteiger partial charge in [-0.3, -0.25) is 0 Å². The molecule has 0 radical (unpaired) electrons. The third-order valence-electron chi connectivity index (χ3n) is 3.67. The molecule has 1 unspecified atom stereocenters. The van der Waals surface area contributed by atoms with Gasteiger partial charge in [0, 0.05) is 5.92 Å². The Morgan fingerprint density at radius 1 is 1.38 bits per heavy atom. The Kier molecular flexibility index (Phi) is 3.28. The van der Waals surface area contributed by atoms with Crippen LogP contribution < -0.4 is 5.73 Å². The lowest BCUT2D eigenvalue weighted by Crippen LogP contribution is -2.39. The van der Waals surface area contributed by atoms with Crippen LogP contribution in [0.1, 0.15) is 70.0 Å². The molecule has 4 heteroatoms. The summed E-state index contributed by atoms with van der Waals surface area (Å²) in [6, 6.07) is 0. The predicted molar refractivity (Wildman–Crippen MR) is 62.0 cm³/mol. The molecule has 1 heterocycles. The number of hydrogen-bond donors (Lipinski definition) is 1. The molecule has 0 aromatic carbocycles. The average molecular weight is 223 g/mol. The number of hydrogen-bond acceptors (Lipinski definition) is 4. The first kappa shape index (κ1) is 11.6. The molecule has 1 aliphatic rings. The SMILES string of the molecule is CCC(C)c1noc(C2(N)CCCCC2)n1. The first-order valence-corrected chi connectivity index (χ1v) is 6.28. The Hall–Kier alpha value is -0.900. The summed E-state index contributed by atoms with van der Waals surface area (Å²) in [6.45, 7) is 4.23. The Labute approximate surface area is 96.6 Å². The fourth-order valence-corrected chi connectivity index (χ4v) is 2.22. The van der Waals surface area contributed by atoms with E-state index in [-0.39, 0.29) is 5.54 Å². The molecular weight excluding hydrogens is 202 g/mol. The first-order valence-electron chi connectivity index (χ1n) is 6.28. The van der Waals surface area contributed by atoms with Crippen molar-refractivity contribution in [1.29, 1.82) is 0 Å². The third kappa shape index (κ3) is 2.12.